The predicted octanol–water partition coefficient (Wildman–Crippen LogP) is 4.17. The van der Waals surface area contributed by atoms with Crippen LogP contribution in [0.4, 0.5) is 0 Å². The monoisotopic (exact) mass is 269 g/mol. The highest BCUT2D eigenvalue weighted by molar-refractivity contribution is 5.87. The number of piperidine rings is 1. The summed E-state index contributed by atoms with van der Waals surface area (Å²) in [5.41, 5.74) is 1.46. The number of rotatable bonds is 2. The topological polar surface area (TPSA) is 23.5 Å². The first kappa shape index (κ1) is 13.4. The largest absolute Gasteiger partial charge is 0.508 e. The molecule has 0 atom stereocenters. The zero-order valence-corrected chi connectivity index (χ0v) is 12.4. The molecule has 2 aromatic rings. The van der Waals surface area contributed by atoms with Crippen molar-refractivity contribution in [2.45, 2.75) is 33.2 Å². The molecule has 1 fully saturated rings. The summed E-state index contributed by atoms with van der Waals surface area (Å²) in [6.07, 6.45) is 2.55. The van der Waals surface area contributed by atoms with Gasteiger partial charge < -0.3 is 5.11 Å². The van der Waals surface area contributed by atoms with Crippen LogP contribution in [-0.4, -0.2) is 23.1 Å². The van der Waals surface area contributed by atoms with E-state index in [4.69, 9.17) is 0 Å². The van der Waals surface area contributed by atoms with Gasteiger partial charge in [-0.3, -0.25) is 4.90 Å². The third-order valence-corrected chi connectivity index (χ3v) is 4.38. The number of nitrogens with zero attached hydrogens (tertiary/aromatic N) is 1. The van der Waals surface area contributed by atoms with Crippen LogP contribution in [0.25, 0.3) is 10.8 Å². The van der Waals surface area contributed by atoms with E-state index in [1.165, 1.54) is 23.6 Å². The van der Waals surface area contributed by atoms with Crippen molar-refractivity contribution < 1.29 is 5.11 Å². The van der Waals surface area contributed by atoms with E-state index in [9.17, 15) is 5.11 Å². The number of phenols is 1. The Balaban J connectivity index is 1.92. The van der Waals surface area contributed by atoms with E-state index in [1.54, 1.807) is 0 Å². The van der Waals surface area contributed by atoms with Crippen LogP contribution in [-0.2, 0) is 6.54 Å². The summed E-state index contributed by atoms with van der Waals surface area (Å²) < 4.78 is 0. The van der Waals surface area contributed by atoms with Gasteiger partial charge in [0, 0.05) is 18.7 Å². The standard InChI is InChI=1S/C18H23NO/c1-18(2)10-5-11-19(13-18)12-16-15-7-4-3-6-14(15)8-9-17(16)20/h3-4,6-9,20H,5,10-13H2,1-2H3. The summed E-state index contributed by atoms with van der Waals surface area (Å²) in [5, 5.41) is 12.6. The Morgan fingerprint density at radius 1 is 1.15 bits per heavy atom. The molecule has 20 heavy (non-hydrogen) atoms. The lowest BCUT2D eigenvalue weighted by molar-refractivity contribution is 0.111. The maximum absolute atomic E-state index is 10.2. The van der Waals surface area contributed by atoms with Gasteiger partial charge in [0.25, 0.3) is 0 Å². The number of hydrogen-bond donors (Lipinski definition) is 1. The highest BCUT2D eigenvalue weighted by Gasteiger charge is 2.26. The van der Waals surface area contributed by atoms with Crippen molar-refractivity contribution in [2.24, 2.45) is 5.41 Å². The van der Waals surface area contributed by atoms with Gasteiger partial charge >= 0.3 is 0 Å². The number of phenolic OH excluding ortho intramolecular Hbond substituents is 1. The summed E-state index contributed by atoms with van der Waals surface area (Å²) >= 11 is 0. The molecule has 1 heterocycles. The third-order valence-electron chi connectivity index (χ3n) is 4.38. The average Bonchev–Trinajstić information content (AvgIpc) is 2.41. The number of aromatic hydroxyl groups is 1. The fourth-order valence-electron chi connectivity index (χ4n) is 3.39. The fourth-order valence-corrected chi connectivity index (χ4v) is 3.39. The summed E-state index contributed by atoms with van der Waals surface area (Å²) in [4.78, 5) is 2.48. The van der Waals surface area contributed by atoms with Gasteiger partial charge in [-0.2, -0.15) is 0 Å². The van der Waals surface area contributed by atoms with Crippen LogP contribution in [0.15, 0.2) is 36.4 Å². The first-order valence-electron chi connectivity index (χ1n) is 7.47. The Labute approximate surface area is 121 Å². The second-order valence-corrected chi connectivity index (χ2v) is 6.76. The molecule has 106 valence electrons. The molecule has 0 unspecified atom stereocenters. The normalized spacial score (nSPS) is 19.3. The Morgan fingerprint density at radius 3 is 2.75 bits per heavy atom. The van der Waals surface area contributed by atoms with Crippen molar-refractivity contribution in [1.29, 1.82) is 0 Å². The van der Waals surface area contributed by atoms with Crippen LogP contribution in [0.2, 0.25) is 0 Å². The van der Waals surface area contributed by atoms with Crippen molar-refractivity contribution in [3.05, 3.63) is 42.0 Å². The third kappa shape index (κ3) is 2.66. The molecule has 0 saturated carbocycles. The van der Waals surface area contributed by atoms with Crippen molar-refractivity contribution in [2.75, 3.05) is 13.1 Å². The molecule has 0 amide bonds. The molecule has 2 nitrogen and oxygen atoms in total. The minimum absolute atomic E-state index is 0.387. The van der Waals surface area contributed by atoms with Crippen LogP contribution in [0.1, 0.15) is 32.3 Å². The zero-order chi connectivity index (χ0) is 14.2. The molecule has 1 aliphatic heterocycles. The van der Waals surface area contributed by atoms with E-state index in [0.717, 1.165) is 25.2 Å². The first-order valence-corrected chi connectivity index (χ1v) is 7.47. The van der Waals surface area contributed by atoms with Crippen molar-refractivity contribution in [3.63, 3.8) is 0 Å². The summed E-state index contributed by atoms with van der Waals surface area (Å²) in [5.74, 6) is 0.423. The zero-order valence-electron chi connectivity index (χ0n) is 12.4. The second kappa shape index (κ2) is 5.10. The maximum atomic E-state index is 10.2. The van der Waals surface area contributed by atoms with Crippen LogP contribution in [0.5, 0.6) is 5.75 Å². The van der Waals surface area contributed by atoms with Crippen molar-refractivity contribution in [1.82, 2.24) is 4.90 Å². The van der Waals surface area contributed by atoms with Gasteiger partial charge in [-0.25, -0.2) is 0 Å². The first-order chi connectivity index (χ1) is 9.55. The number of likely N-dealkylation sites (tertiary alicyclic amines) is 1. The average molecular weight is 269 g/mol. The molecule has 2 aromatic carbocycles. The summed E-state index contributed by atoms with van der Waals surface area (Å²) in [7, 11) is 0. The molecule has 2 heteroatoms. The summed E-state index contributed by atoms with van der Waals surface area (Å²) in [6.45, 7) is 7.75. The molecule has 0 radical (unpaired) electrons. The molecule has 0 spiro atoms. The quantitative estimate of drug-likeness (QED) is 0.884. The fraction of sp³-hybridized carbons (Fsp3) is 0.444. The number of hydrogen-bond acceptors (Lipinski definition) is 2. The molecule has 0 aromatic heterocycles. The minimum Gasteiger partial charge on any atom is -0.508 e. The molecular formula is C18H23NO. The lowest BCUT2D eigenvalue weighted by Gasteiger charge is -2.38. The van der Waals surface area contributed by atoms with Crippen molar-refractivity contribution >= 4 is 10.8 Å². The van der Waals surface area contributed by atoms with E-state index in [2.05, 4.69) is 30.9 Å². The smallest absolute Gasteiger partial charge is 0.120 e. The van der Waals surface area contributed by atoms with Gasteiger partial charge in [0.15, 0.2) is 0 Å². The Morgan fingerprint density at radius 2 is 1.95 bits per heavy atom. The van der Waals surface area contributed by atoms with Crippen LogP contribution < -0.4 is 0 Å². The highest BCUT2D eigenvalue weighted by Crippen LogP contribution is 2.33. The van der Waals surface area contributed by atoms with Gasteiger partial charge in [-0.05, 0) is 41.6 Å². The van der Waals surface area contributed by atoms with Crippen LogP contribution in [0, 0.1) is 5.41 Å². The predicted molar refractivity (Wildman–Crippen MR) is 83.9 cm³/mol. The van der Waals surface area contributed by atoms with E-state index >= 15 is 0 Å². The Hall–Kier alpha value is -1.54. The van der Waals surface area contributed by atoms with Crippen molar-refractivity contribution in [3.8, 4) is 5.75 Å². The maximum Gasteiger partial charge on any atom is 0.120 e. The number of benzene rings is 2. The van der Waals surface area contributed by atoms with E-state index in [-0.39, 0.29) is 0 Å². The van der Waals surface area contributed by atoms with E-state index in [1.807, 2.05) is 24.3 Å². The van der Waals surface area contributed by atoms with Crippen LogP contribution >= 0.6 is 0 Å². The Bertz CT molecular complexity index is 618. The molecule has 0 bridgehead atoms. The molecule has 1 N–H and O–H groups in total. The van der Waals surface area contributed by atoms with Gasteiger partial charge in [0.05, 0.1) is 0 Å². The summed E-state index contributed by atoms with van der Waals surface area (Å²) in [6, 6.07) is 12.1. The SMILES string of the molecule is CC1(C)CCCN(Cc2c(O)ccc3ccccc23)C1. The van der Waals surface area contributed by atoms with E-state index in [0.29, 0.717) is 11.2 Å². The lowest BCUT2D eigenvalue weighted by atomic mass is 9.84. The minimum atomic E-state index is 0.387. The van der Waals surface area contributed by atoms with Gasteiger partial charge in [-0.1, -0.05) is 44.2 Å². The molecule has 1 saturated heterocycles. The highest BCUT2D eigenvalue weighted by atomic mass is 16.3. The molecular weight excluding hydrogens is 246 g/mol. The van der Waals surface area contributed by atoms with Crippen LogP contribution in [0.3, 0.4) is 0 Å². The lowest BCUT2D eigenvalue weighted by Crippen LogP contribution is -2.39. The molecule has 1 aliphatic rings. The number of fused-ring (bicyclic) bond motifs is 1. The van der Waals surface area contributed by atoms with E-state index < -0.39 is 0 Å². The van der Waals surface area contributed by atoms with Gasteiger partial charge in [0.1, 0.15) is 5.75 Å². The van der Waals surface area contributed by atoms with Gasteiger partial charge in [-0.15, -0.1) is 0 Å². The molecule has 0 aliphatic carbocycles. The molecule has 3 rings (SSSR count). The van der Waals surface area contributed by atoms with Gasteiger partial charge in [0.2, 0.25) is 0 Å². The second-order valence-electron chi connectivity index (χ2n) is 6.76. The Kier molecular flexibility index (Phi) is 3.43.